The largest absolute Gasteiger partial charge is 0.504 e. The molecular weight excluding hydrogens is 250 g/mol. The van der Waals surface area contributed by atoms with Crippen LogP contribution in [-0.2, 0) is 13.5 Å². The van der Waals surface area contributed by atoms with Gasteiger partial charge in [-0.2, -0.15) is 0 Å². The maximum atomic E-state index is 9.60. The molecule has 0 saturated heterocycles. The first-order valence-corrected chi connectivity index (χ1v) is 6.52. The molecule has 0 fully saturated rings. The Labute approximate surface area is 117 Å². The van der Waals surface area contributed by atoms with Crippen molar-refractivity contribution in [1.29, 1.82) is 0 Å². The monoisotopic (exact) mass is 266 g/mol. The van der Waals surface area contributed by atoms with Crippen LogP contribution in [0, 0.1) is 0 Å². The van der Waals surface area contributed by atoms with Gasteiger partial charge in [-0.15, -0.1) is 0 Å². The molecule has 0 saturated carbocycles. The molecule has 0 bridgehead atoms. The first-order chi connectivity index (χ1) is 9.65. The lowest BCUT2D eigenvalue weighted by Crippen LogP contribution is -2.33. The van der Waals surface area contributed by atoms with Crippen LogP contribution in [0.2, 0.25) is 0 Å². The third kappa shape index (κ3) is 2.18. The number of aromatic hydroxyl groups is 2. The summed E-state index contributed by atoms with van der Waals surface area (Å²) in [6, 6.07) is 15.3. The first kappa shape index (κ1) is 12.5. The summed E-state index contributed by atoms with van der Waals surface area (Å²) in [7, 11) is 2.02. The summed E-state index contributed by atoms with van der Waals surface area (Å²) in [5, 5.41) is 21.4. The Kier molecular flexibility index (Phi) is 3.03. The van der Waals surface area contributed by atoms with Gasteiger partial charge in [-0.3, -0.25) is 0 Å². The summed E-state index contributed by atoms with van der Waals surface area (Å²) in [5.41, 5.74) is 2.14. The fourth-order valence-electron chi connectivity index (χ4n) is 2.47. The van der Waals surface area contributed by atoms with Gasteiger partial charge in [0.05, 0.1) is 6.42 Å². The van der Waals surface area contributed by atoms with Crippen molar-refractivity contribution < 1.29 is 14.8 Å². The molecule has 0 amide bonds. The number of hydrogen-bond acceptors (Lipinski definition) is 2. The summed E-state index contributed by atoms with van der Waals surface area (Å²) in [5.74, 6) is -0.165. The van der Waals surface area contributed by atoms with Gasteiger partial charge in [0, 0.05) is 11.5 Å². The second-order valence-corrected chi connectivity index (χ2v) is 4.96. The van der Waals surface area contributed by atoms with Crippen molar-refractivity contribution in [2.45, 2.75) is 6.42 Å². The van der Waals surface area contributed by atoms with Gasteiger partial charge >= 0.3 is 0 Å². The van der Waals surface area contributed by atoms with E-state index < -0.39 is 0 Å². The first-order valence-electron chi connectivity index (χ1n) is 6.52. The van der Waals surface area contributed by atoms with Crippen molar-refractivity contribution in [3.63, 3.8) is 0 Å². The number of aromatic nitrogens is 1. The Balaban J connectivity index is 2.10. The molecule has 2 N–H and O–H groups in total. The average molecular weight is 266 g/mol. The molecule has 0 radical (unpaired) electrons. The van der Waals surface area contributed by atoms with Gasteiger partial charge in [0.15, 0.2) is 23.4 Å². The van der Waals surface area contributed by atoms with Crippen LogP contribution in [0.15, 0.2) is 54.7 Å². The maximum Gasteiger partial charge on any atom is 0.193 e. The van der Waals surface area contributed by atoms with Crippen LogP contribution in [0.3, 0.4) is 0 Å². The lowest BCUT2D eigenvalue weighted by molar-refractivity contribution is -0.677. The van der Waals surface area contributed by atoms with E-state index in [1.807, 2.05) is 31.4 Å². The average Bonchev–Trinajstić information content (AvgIpc) is 2.46. The minimum atomic E-state index is -0.0870. The molecule has 3 rings (SSSR count). The summed E-state index contributed by atoms with van der Waals surface area (Å²) >= 11 is 0. The van der Waals surface area contributed by atoms with Crippen LogP contribution >= 0.6 is 0 Å². The highest BCUT2D eigenvalue weighted by Crippen LogP contribution is 2.26. The zero-order valence-electron chi connectivity index (χ0n) is 11.2. The fraction of sp³-hybridized carbons (Fsp3) is 0.118. The zero-order chi connectivity index (χ0) is 14.1. The SMILES string of the molecule is C[n+]1ccc2ccccc2c1Cc1ccc(O)c(O)c1. The van der Waals surface area contributed by atoms with Crippen LogP contribution in [0.4, 0.5) is 0 Å². The topological polar surface area (TPSA) is 44.3 Å². The third-order valence-electron chi connectivity index (χ3n) is 3.59. The molecule has 3 aromatic rings. The predicted molar refractivity (Wildman–Crippen MR) is 77.7 cm³/mol. The Morgan fingerprint density at radius 2 is 1.75 bits per heavy atom. The minimum absolute atomic E-state index is 0.0783. The van der Waals surface area contributed by atoms with Crippen molar-refractivity contribution in [1.82, 2.24) is 0 Å². The van der Waals surface area contributed by atoms with E-state index in [-0.39, 0.29) is 11.5 Å². The number of phenols is 2. The molecular formula is C17H16NO2+. The van der Waals surface area contributed by atoms with Crippen molar-refractivity contribution in [2.24, 2.45) is 7.05 Å². The van der Waals surface area contributed by atoms with Crippen molar-refractivity contribution >= 4 is 10.8 Å². The molecule has 20 heavy (non-hydrogen) atoms. The standard InChI is InChI=1S/C17H15NO2/c1-18-9-8-13-4-2-3-5-14(13)15(18)10-12-6-7-16(19)17(20)11-12/h2-9,11H,10H2,1H3,(H-,19,20)/p+1. The molecule has 0 spiro atoms. The second-order valence-electron chi connectivity index (χ2n) is 4.96. The summed E-state index contributed by atoms with van der Waals surface area (Å²) in [6.07, 6.45) is 2.74. The molecule has 0 aliphatic rings. The van der Waals surface area contributed by atoms with Crippen LogP contribution in [0.1, 0.15) is 11.3 Å². The molecule has 100 valence electrons. The van der Waals surface area contributed by atoms with Crippen LogP contribution in [-0.4, -0.2) is 10.2 Å². The lowest BCUT2D eigenvalue weighted by atomic mass is 10.0. The highest BCUT2D eigenvalue weighted by atomic mass is 16.3. The molecule has 3 heteroatoms. The maximum absolute atomic E-state index is 9.60. The van der Waals surface area contributed by atoms with Gasteiger partial charge in [-0.05, 0) is 29.1 Å². The summed E-state index contributed by atoms with van der Waals surface area (Å²) in [6.45, 7) is 0. The number of rotatable bonds is 2. The molecule has 0 unspecified atom stereocenters. The smallest absolute Gasteiger partial charge is 0.193 e. The highest BCUT2D eigenvalue weighted by Gasteiger charge is 2.13. The van der Waals surface area contributed by atoms with Gasteiger partial charge in [-0.25, -0.2) is 4.57 Å². The van der Waals surface area contributed by atoms with E-state index in [0.29, 0.717) is 6.42 Å². The number of aryl methyl sites for hydroxylation is 1. The Hall–Kier alpha value is -2.55. The number of benzene rings is 2. The van der Waals surface area contributed by atoms with E-state index in [1.165, 1.54) is 22.5 Å². The van der Waals surface area contributed by atoms with Crippen molar-refractivity contribution in [3.8, 4) is 11.5 Å². The van der Waals surface area contributed by atoms with Crippen molar-refractivity contribution in [3.05, 3.63) is 66.0 Å². The van der Waals surface area contributed by atoms with E-state index in [4.69, 9.17) is 0 Å². The summed E-state index contributed by atoms with van der Waals surface area (Å²) in [4.78, 5) is 0. The van der Waals surface area contributed by atoms with Crippen LogP contribution < -0.4 is 4.57 Å². The molecule has 1 heterocycles. The van der Waals surface area contributed by atoms with Crippen molar-refractivity contribution in [2.75, 3.05) is 0 Å². The zero-order valence-corrected chi connectivity index (χ0v) is 11.2. The van der Waals surface area contributed by atoms with E-state index in [2.05, 4.69) is 22.8 Å². The van der Waals surface area contributed by atoms with Crippen LogP contribution in [0.25, 0.3) is 10.8 Å². The number of pyridine rings is 1. The molecule has 1 aromatic heterocycles. The molecule has 0 aliphatic carbocycles. The summed E-state index contributed by atoms with van der Waals surface area (Å²) < 4.78 is 2.09. The highest BCUT2D eigenvalue weighted by molar-refractivity contribution is 5.83. The van der Waals surface area contributed by atoms with Gasteiger partial charge in [0.25, 0.3) is 0 Å². The molecule has 0 atom stereocenters. The van der Waals surface area contributed by atoms with Crippen LogP contribution in [0.5, 0.6) is 11.5 Å². The normalized spacial score (nSPS) is 10.8. The van der Waals surface area contributed by atoms with E-state index >= 15 is 0 Å². The van der Waals surface area contributed by atoms with Gasteiger partial charge in [0.1, 0.15) is 7.05 Å². The minimum Gasteiger partial charge on any atom is -0.504 e. The Bertz CT molecular complexity index is 781. The third-order valence-corrected chi connectivity index (χ3v) is 3.59. The van der Waals surface area contributed by atoms with E-state index in [1.54, 1.807) is 6.07 Å². The second kappa shape index (κ2) is 4.85. The number of nitrogens with zero attached hydrogens (tertiary/aromatic N) is 1. The number of hydrogen-bond donors (Lipinski definition) is 2. The van der Waals surface area contributed by atoms with Gasteiger partial charge in [-0.1, -0.05) is 24.3 Å². The molecule has 3 nitrogen and oxygen atoms in total. The molecule has 0 aliphatic heterocycles. The Morgan fingerprint density at radius 3 is 2.55 bits per heavy atom. The van der Waals surface area contributed by atoms with Gasteiger partial charge in [0.2, 0.25) is 0 Å². The fourth-order valence-corrected chi connectivity index (χ4v) is 2.47. The van der Waals surface area contributed by atoms with E-state index in [9.17, 15) is 10.2 Å². The number of fused-ring (bicyclic) bond motifs is 1. The Morgan fingerprint density at radius 1 is 0.950 bits per heavy atom. The molecule has 2 aromatic carbocycles. The number of phenolic OH excluding ortho intramolecular Hbond substituents is 2. The van der Waals surface area contributed by atoms with Gasteiger partial charge < -0.3 is 10.2 Å². The predicted octanol–water partition coefficient (Wildman–Crippen LogP) is 2.67. The van der Waals surface area contributed by atoms with E-state index in [0.717, 1.165) is 5.56 Å². The lowest BCUT2D eigenvalue weighted by Gasteiger charge is -2.06. The quantitative estimate of drug-likeness (QED) is 0.553.